The highest BCUT2D eigenvalue weighted by Crippen LogP contribution is 2.20. The van der Waals surface area contributed by atoms with Crippen LogP contribution >= 0.6 is 0 Å². The molecule has 0 saturated carbocycles. The molecule has 2 nitrogen and oxygen atoms in total. The van der Waals surface area contributed by atoms with Crippen LogP contribution in [-0.4, -0.2) is 25.2 Å². The van der Waals surface area contributed by atoms with Gasteiger partial charge in [-0.15, -0.1) is 0 Å². The Morgan fingerprint density at radius 2 is 1.71 bits per heavy atom. The Hall–Kier alpha value is -0.0800. The molecule has 0 aliphatic heterocycles. The molecule has 0 aromatic heterocycles. The number of nitrogens with zero attached hydrogens (tertiary/aromatic N) is 1. The van der Waals surface area contributed by atoms with Crippen LogP contribution < -0.4 is 5.73 Å². The summed E-state index contributed by atoms with van der Waals surface area (Å²) < 4.78 is 0. The molecule has 2 unspecified atom stereocenters. The van der Waals surface area contributed by atoms with Gasteiger partial charge in [0.2, 0.25) is 0 Å². The van der Waals surface area contributed by atoms with Gasteiger partial charge in [-0.25, -0.2) is 0 Å². The Labute approximate surface area is 89.9 Å². The van der Waals surface area contributed by atoms with Gasteiger partial charge in [0.15, 0.2) is 0 Å². The predicted molar refractivity (Wildman–Crippen MR) is 64.2 cm³/mol. The number of unbranched alkanes of at least 4 members (excludes halogenated alkanes) is 1. The molecule has 0 aromatic rings. The van der Waals surface area contributed by atoms with E-state index >= 15 is 0 Å². The minimum absolute atomic E-state index is 0.677. The lowest BCUT2D eigenvalue weighted by Gasteiger charge is -2.22. The number of nitrogens with two attached hydrogens (primary N) is 1. The lowest BCUT2D eigenvalue weighted by Crippen LogP contribution is -2.28. The molecule has 0 bridgehead atoms. The summed E-state index contributed by atoms with van der Waals surface area (Å²) in [5, 5.41) is 0. The highest BCUT2D eigenvalue weighted by Gasteiger charge is 2.11. The van der Waals surface area contributed by atoms with E-state index in [4.69, 9.17) is 5.73 Å². The standard InChI is InChI=1S/C12H28N2/c1-5-6-7-11(2)12(3)8-9-14(4)10-13/h11-12H,5-10,13H2,1-4H3. The van der Waals surface area contributed by atoms with Crippen molar-refractivity contribution in [2.75, 3.05) is 20.3 Å². The first-order chi connectivity index (χ1) is 6.61. The van der Waals surface area contributed by atoms with Gasteiger partial charge in [0.05, 0.1) is 0 Å². The summed E-state index contributed by atoms with van der Waals surface area (Å²) in [6, 6.07) is 0. The zero-order valence-corrected chi connectivity index (χ0v) is 10.4. The van der Waals surface area contributed by atoms with Crippen LogP contribution in [-0.2, 0) is 0 Å². The molecule has 0 aromatic carbocycles. The van der Waals surface area contributed by atoms with Gasteiger partial charge in [0.1, 0.15) is 0 Å². The number of rotatable bonds is 8. The van der Waals surface area contributed by atoms with Crippen molar-refractivity contribution in [1.82, 2.24) is 4.90 Å². The van der Waals surface area contributed by atoms with Crippen molar-refractivity contribution in [1.29, 1.82) is 0 Å². The number of hydrogen-bond acceptors (Lipinski definition) is 2. The van der Waals surface area contributed by atoms with E-state index in [0.717, 1.165) is 18.4 Å². The summed E-state index contributed by atoms with van der Waals surface area (Å²) in [5.41, 5.74) is 5.54. The van der Waals surface area contributed by atoms with Gasteiger partial charge in [-0.2, -0.15) is 0 Å². The van der Waals surface area contributed by atoms with Gasteiger partial charge >= 0.3 is 0 Å². The van der Waals surface area contributed by atoms with E-state index < -0.39 is 0 Å². The third-order valence-electron chi connectivity index (χ3n) is 3.26. The minimum Gasteiger partial charge on any atom is -0.318 e. The predicted octanol–water partition coefficient (Wildman–Crippen LogP) is 2.69. The fourth-order valence-corrected chi connectivity index (χ4v) is 1.61. The molecule has 14 heavy (non-hydrogen) atoms. The van der Waals surface area contributed by atoms with Gasteiger partial charge in [-0.1, -0.05) is 40.0 Å². The van der Waals surface area contributed by atoms with Crippen molar-refractivity contribution in [3.63, 3.8) is 0 Å². The smallest absolute Gasteiger partial charge is 0.0452 e. The molecule has 2 N–H and O–H groups in total. The van der Waals surface area contributed by atoms with Crippen LogP contribution in [0.5, 0.6) is 0 Å². The fraction of sp³-hybridized carbons (Fsp3) is 1.00. The Bertz CT molecular complexity index is 125. The van der Waals surface area contributed by atoms with Crippen LogP contribution in [0.25, 0.3) is 0 Å². The van der Waals surface area contributed by atoms with Crippen LogP contribution in [0, 0.1) is 11.8 Å². The van der Waals surface area contributed by atoms with Crippen molar-refractivity contribution in [2.24, 2.45) is 17.6 Å². The molecular formula is C12H28N2. The quantitative estimate of drug-likeness (QED) is 0.610. The first-order valence-electron chi connectivity index (χ1n) is 6.00. The average Bonchev–Trinajstić information content (AvgIpc) is 2.21. The maximum atomic E-state index is 5.54. The molecule has 0 aliphatic carbocycles. The third-order valence-corrected chi connectivity index (χ3v) is 3.26. The summed E-state index contributed by atoms with van der Waals surface area (Å²) in [6.45, 7) is 8.82. The van der Waals surface area contributed by atoms with E-state index in [1.165, 1.54) is 25.7 Å². The minimum atomic E-state index is 0.677. The molecular weight excluding hydrogens is 172 g/mol. The Balaban J connectivity index is 3.55. The summed E-state index contributed by atoms with van der Waals surface area (Å²) in [7, 11) is 2.09. The normalized spacial score (nSPS) is 15.9. The van der Waals surface area contributed by atoms with Gasteiger partial charge in [-0.3, -0.25) is 4.90 Å². The molecule has 2 atom stereocenters. The van der Waals surface area contributed by atoms with E-state index in [-0.39, 0.29) is 0 Å². The van der Waals surface area contributed by atoms with Crippen molar-refractivity contribution in [2.45, 2.75) is 46.5 Å². The maximum Gasteiger partial charge on any atom is 0.0452 e. The van der Waals surface area contributed by atoms with Crippen molar-refractivity contribution in [3.8, 4) is 0 Å². The van der Waals surface area contributed by atoms with Crippen LogP contribution in [0.1, 0.15) is 46.5 Å². The second-order valence-corrected chi connectivity index (χ2v) is 4.65. The first-order valence-corrected chi connectivity index (χ1v) is 6.00. The third kappa shape index (κ3) is 6.39. The van der Waals surface area contributed by atoms with E-state index in [0.29, 0.717) is 6.67 Å². The zero-order chi connectivity index (χ0) is 11.0. The summed E-state index contributed by atoms with van der Waals surface area (Å²) in [5.74, 6) is 1.69. The molecule has 0 saturated heterocycles. The van der Waals surface area contributed by atoms with Crippen LogP contribution in [0.3, 0.4) is 0 Å². The molecule has 0 aliphatic rings. The Kier molecular flexibility index (Phi) is 8.20. The molecule has 0 heterocycles. The van der Waals surface area contributed by atoms with E-state index in [1.807, 2.05) is 0 Å². The second-order valence-electron chi connectivity index (χ2n) is 4.65. The van der Waals surface area contributed by atoms with Crippen molar-refractivity contribution < 1.29 is 0 Å². The lowest BCUT2D eigenvalue weighted by atomic mass is 9.88. The van der Waals surface area contributed by atoms with E-state index in [1.54, 1.807) is 0 Å². The molecule has 86 valence electrons. The first kappa shape index (κ1) is 13.9. The second kappa shape index (κ2) is 8.25. The van der Waals surface area contributed by atoms with Gasteiger partial charge in [0, 0.05) is 6.67 Å². The maximum absolute atomic E-state index is 5.54. The molecule has 2 heteroatoms. The van der Waals surface area contributed by atoms with Crippen LogP contribution in [0.15, 0.2) is 0 Å². The highest BCUT2D eigenvalue weighted by atomic mass is 15.1. The topological polar surface area (TPSA) is 29.3 Å². The SMILES string of the molecule is CCCCC(C)C(C)CCN(C)CN. The fourth-order valence-electron chi connectivity index (χ4n) is 1.61. The van der Waals surface area contributed by atoms with E-state index in [9.17, 15) is 0 Å². The van der Waals surface area contributed by atoms with E-state index in [2.05, 4.69) is 32.7 Å². The monoisotopic (exact) mass is 200 g/mol. The van der Waals surface area contributed by atoms with Crippen molar-refractivity contribution in [3.05, 3.63) is 0 Å². The largest absolute Gasteiger partial charge is 0.318 e. The van der Waals surface area contributed by atoms with Gasteiger partial charge in [-0.05, 0) is 31.8 Å². The molecule has 0 spiro atoms. The lowest BCUT2D eigenvalue weighted by molar-refractivity contribution is 0.268. The highest BCUT2D eigenvalue weighted by molar-refractivity contribution is 4.63. The molecule has 0 fully saturated rings. The zero-order valence-electron chi connectivity index (χ0n) is 10.4. The average molecular weight is 200 g/mol. The summed E-state index contributed by atoms with van der Waals surface area (Å²) in [6.07, 6.45) is 5.35. The molecule has 0 amide bonds. The Morgan fingerprint density at radius 3 is 2.21 bits per heavy atom. The van der Waals surface area contributed by atoms with Gasteiger partial charge < -0.3 is 5.73 Å². The summed E-state index contributed by atoms with van der Waals surface area (Å²) >= 11 is 0. The number of hydrogen-bond donors (Lipinski definition) is 1. The molecule has 0 radical (unpaired) electrons. The molecule has 0 rings (SSSR count). The van der Waals surface area contributed by atoms with Crippen molar-refractivity contribution >= 4 is 0 Å². The van der Waals surface area contributed by atoms with Crippen LogP contribution in [0.2, 0.25) is 0 Å². The summed E-state index contributed by atoms with van der Waals surface area (Å²) in [4.78, 5) is 2.18. The van der Waals surface area contributed by atoms with Crippen LogP contribution in [0.4, 0.5) is 0 Å². The van der Waals surface area contributed by atoms with Gasteiger partial charge in [0.25, 0.3) is 0 Å². The Morgan fingerprint density at radius 1 is 1.14 bits per heavy atom.